The molecule has 1 atom stereocenters. The smallest absolute Gasteiger partial charge is 0.239 e. The van der Waals surface area contributed by atoms with E-state index in [1.807, 2.05) is 6.92 Å². The largest absolute Gasteiger partial charge is 0.272 e. The summed E-state index contributed by atoms with van der Waals surface area (Å²) in [6.45, 7) is 5.17. The Morgan fingerprint density at radius 3 is 2.21 bits per heavy atom. The van der Waals surface area contributed by atoms with E-state index in [1.165, 1.54) is 0 Å². The maximum atomic E-state index is 11.2. The van der Waals surface area contributed by atoms with Crippen molar-refractivity contribution >= 4 is 19.7 Å². The van der Waals surface area contributed by atoms with Crippen LogP contribution in [0.3, 0.4) is 0 Å². The van der Waals surface area contributed by atoms with Crippen molar-refractivity contribution in [3.05, 3.63) is 17.0 Å². The number of rotatable bonds is 2. The van der Waals surface area contributed by atoms with Crippen LogP contribution in [0.15, 0.2) is 0 Å². The fourth-order valence-electron chi connectivity index (χ4n) is 1.52. The van der Waals surface area contributed by atoms with Crippen molar-refractivity contribution in [2.45, 2.75) is 26.0 Å². The third-order valence-electron chi connectivity index (χ3n) is 2.39. The number of halogens is 1. The Bertz CT molecular complexity index is 450. The molecule has 0 amide bonds. The van der Waals surface area contributed by atoms with Gasteiger partial charge in [0.05, 0.1) is 5.69 Å². The van der Waals surface area contributed by atoms with Gasteiger partial charge in [-0.3, -0.25) is 4.68 Å². The molecule has 14 heavy (non-hydrogen) atoms. The van der Waals surface area contributed by atoms with Crippen molar-refractivity contribution in [2.24, 2.45) is 7.05 Å². The summed E-state index contributed by atoms with van der Waals surface area (Å²) in [5.41, 5.74) is 2.24. The summed E-state index contributed by atoms with van der Waals surface area (Å²) in [5, 5.41) is 3.43. The summed E-state index contributed by atoms with van der Waals surface area (Å²) >= 11 is 0. The first kappa shape index (κ1) is 11.5. The molecular formula is C8H13ClN2O2S. The number of aromatic nitrogens is 2. The highest BCUT2D eigenvalue weighted by Gasteiger charge is 2.25. The molecule has 0 N–H and O–H groups in total. The number of nitrogens with zero attached hydrogens (tertiary/aromatic N) is 2. The van der Waals surface area contributed by atoms with Gasteiger partial charge in [0.15, 0.2) is 0 Å². The molecule has 0 saturated heterocycles. The summed E-state index contributed by atoms with van der Waals surface area (Å²) in [4.78, 5) is 0. The lowest BCUT2D eigenvalue weighted by molar-refractivity contribution is 0.600. The Morgan fingerprint density at radius 2 is 1.93 bits per heavy atom. The molecule has 0 aliphatic rings. The monoisotopic (exact) mass is 236 g/mol. The maximum absolute atomic E-state index is 11.2. The van der Waals surface area contributed by atoms with Gasteiger partial charge in [-0.2, -0.15) is 5.10 Å². The molecule has 1 aromatic rings. The number of aryl methyl sites for hydroxylation is 2. The van der Waals surface area contributed by atoms with Crippen LogP contribution >= 0.6 is 10.7 Å². The molecule has 0 saturated carbocycles. The molecule has 0 spiro atoms. The van der Waals surface area contributed by atoms with E-state index in [0.717, 1.165) is 5.69 Å². The van der Waals surface area contributed by atoms with Crippen LogP contribution in [-0.4, -0.2) is 18.2 Å². The van der Waals surface area contributed by atoms with E-state index in [9.17, 15) is 8.42 Å². The molecule has 1 heterocycles. The van der Waals surface area contributed by atoms with E-state index < -0.39 is 14.3 Å². The average Bonchev–Trinajstić information content (AvgIpc) is 2.24. The summed E-state index contributed by atoms with van der Waals surface area (Å²) in [7, 11) is 3.52. The van der Waals surface area contributed by atoms with Crippen LogP contribution in [0.4, 0.5) is 0 Å². The Balaban J connectivity index is 3.33. The second kappa shape index (κ2) is 3.55. The van der Waals surface area contributed by atoms with E-state index in [1.54, 1.807) is 25.6 Å². The minimum atomic E-state index is -3.57. The number of hydrogen-bond donors (Lipinski definition) is 0. The molecule has 0 aliphatic heterocycles. The van der Waals surface area contributed by atoms with Gasteiger partial charge in [-0.05, 0) is 20.8 Å². The van der Waals surface area contributed by atoms with Gasteiger partial charge in [0.2, 0.25) is 9.05 Å². The van der Waals surface area contributed by atoms with Crippen LogP contribution in [0.2, 0.25) is 0 Å². The lowest BCUT2D eigenvalue weighted by Gasteiger charge is -2.07. The normalized spacial score (nSPS) is 14.4. The SMILES string of the molecule is Cc1nn(C)c(C)c1C(C)S(=O)(=O)Cl. The van der Waals surface area contributed by atoms with Gasteiger partial charge in [0.1, 0.15) is 5.25 Å². The lowest BCUT2D eigenvalue weighted by atomic mass is 10.1. The molecule has 1 unspecified atom stereocenters. The molecule has 0 aliphatic carbocycles. The topological polar surface area (TPSA) is 52.0 Å². The van der Waals surface area contributed by atoms with E-state index in [-0.39, 0.29) is 0 Å². The Kier molecular flexibility index (Phi) is 2.92. The predicted octanol–water partition coefficient (Wildman–Crippen LogP) is 1.67. The van der Waals surface area contributed by atoms with Crippen molar-refractivity contribution in [3.63, 3.8) is 0 Å². The van der Waals surface area contributed by atoms with Crippen molar-refractivity contribution < 1.29 is 8.42 Å². The van der Waals surface area contributed by atoms with E-state index >= 15 is 0 Å². The van der Waals surface area contributed by atoms with Gasteiger partial charge in [-0.15, -0.1) is 0 Å². The highest BCUT2D eigenvalue weighted by atomic mass is 35.7. The Morgan fingerprint density at radius 1 is 1.43 bits per heavy atom. The van der Waals surface area contributed by atoms with Gasteiger partial charge in [-0.1, -0.05) is 0 Å². The molecule has 0 radical (unpaired) electrons. The van der Waals surface area contributed by atoms with Gasteiger partial charge in [0.25, 0.3) is 0 Å². The molecule has 1 aromatic heterocycles. The van der Waals surface area contributed by atoms with Crippen LogP contribution in [0.25, 0.3) is 0 Å². The minimum Gasteiger partial charge on any atom is -0.272 e. The molecule has 0 aromatic carbocycles. The van der Waals surface area contributed by atoms with Gasteiger partial charge >= 0.3 is 0 Å². The van der Waals surface area contributed by atoms with E-state index in [4.69, 9.17) is 10.7 Å². The van der Waals surface area contributed by atoms with E-state index in [0.29, 0.717) is 11.3 Å². The van der Waals surface area contributed by atoms with Crippen molar-refractivity contribution in [1.29, 1.82) is 0 Å². The fraction of sp³-hybridized carbons (Fsp3) is 0.625. The minimum absolute atomic E-state index is 0.697. The van der Waals surface area contributed by atoms with Gasteiger partial charge in [-0.25, -0.2) is 8.42 Å². The highest BCUT2D eigenvalue weighted by Crippen LogP contribution is 2.29. The molecule has 6 heteroatoms. The van der Waals surface area contributed by atoms with Crippen molar-refractivity contribution in [1.82, 2.24) is 9.78 Å². The van der Waals surface area contributed by atoms with Crippen LogP contribution in [0.1, 0.15) is 29.1 Å². The third kappa shape index (κ3) is 1.93. The summed E-state index contributed by atoms with van der Waals surface area (Å²) in [5.74, 6) is 0. The van der Waals surface area contributed by atoms with Crippen LogP contribution in [0.5, 0.6) is 0 Å². The third-order valence-corrected chi connectivity index (χ3v) is 4.28. The zero-order valence-electron chi connectivity index (χ0n) is 8.57. The summed E-state index contributed by atoms with van der Waals surface area (Å²) in [6, 6.07) is 0. The summed E-state index contributed by atoms with van der Waals surface area (Å²) < 4.78 is 24.0. The predicted molar refractivity (Wildman–Crippen MR) is 55.9 cm³/mol. The summed E-state index contributed by atoms with van der Waals surface area (Å²) in [6.07, 6.45) is 0. The highest BCUT2D eigenvalue weighted by molar-refractivity contribution is 8.13. The van der Waals surface area contributed by atoms with Crippen LogP contribution in [-0.2, 0) is 16.1 Å². The standard InChI is InChI=1S/C8H13ClN2O2S/c1-5-8(6(2)11(4)10-5)7(3)14(9,12)13/h7H,1-4H3. The van der Waals surface area contributed by atoms with Gasteiger partial charge < -0.3 is 0 Å². The second-order valence-corrected chi connectivity index (χ2v) is 6.27. The average molecular weight is 237 g/mol. The first-order valence-corrected chi connectivity index (χ1v) is 6.56. The lowest BCUT2D eigenvalue weighted by Crippen LogP contribution is -2.05. The van der Waals surface area contributed by atoms with Gasteiger partial charge in [0, 0.05) is 29.0 Å². The Labute approximate surface area is 88.3 Å². The first-order chi connectivity index (χ1) is 6.25. The quantitative estimate of drug-likeness (QED) is 0.734. The van der Waals surface area contributed by atoms with Crippen molar-refractivity contribution in [2.75, 3.05) is 0 Å². The second-order valence-electron chi connectivity index (χ2n) is 3.33. The molecule has 0 fully saturated rings. The van der Waals surface area contributed by atoms with Crippen LogP contribution < -0.4 is 0 Å². The maximum Gasteiger partial charge on any atom is 0.239 e. The zero-order chi connectivity index (χ0) is 11.1. The van der Waals surface area contributed by atoms with Crippen LogP contribution in [0, 0.1) is 13.8 Å². The molecule has 1 rings (SSSR count). The molecule has 0 bridgehead atoms. The Hall–Kier alpha value is -0.550. The first-order valence-electron chi connectivity index (χ1n) is 4.18. The number of hydrogen-bond acceptors (Lipinski definition) is 3. The molecule has 4 nitrogen and oxygen atoms in total. The fourth-order valence-corrected chi connectivity index (χ4v) is 2.41. The van der Waals surface area contributed by atoms with E-state index in [2.05, 4.69) is 5.10 Å². The molecule has 80 valence electrons. The zero-order valence-corrected chi connectivity index (χ0v) is 10.1. The van der Waals surface area contributed by atoms with Crippen molar-refractivity contribution in [3.8, 4) is 0 Å². The molecular weight excluding hydrogens is 224 g/mol.